The van der Waals surface area contributed by atoms with Crippen LogP contribution in [0.25, 0.3) is 0 Å². The summed E-state index contributed by atoms with van der Waals surface area (Å²) in [5.74, 6) is 0. The molecule has 1 fully saturated rings. The molecule has 1 saturated heterocycles. The Hall–Kier alpha value is -0.0800. The molecule has 1 atom stereocenters. The first-order valence-corrected chi connectivity index (χ1v) is 5.10. The zero-order chi connectivity index (χ0) is 8.86. The minimum Gasteiger partial charge on any atom is -0.364 e. The smallest absolute Gasteiger partial charge is 0.0971 e. The topological polar surface area (TPSA) is 21.3 Å². The van der Waals surface area contributed by atoms with E-state index in [9.17, 15) is 0 Å². The standard InChI is InChI=1S/C10H21NO/c1-3-4-5-6-7-10(2)8-12-9-11-10/h11H,3-9H2,1-2H3. The zero-order valence-corrected chi connectivity index (χ0v) is 8.36. The maximum absolute atomic E-state index is 5.31. The first-order chi connectivity index (χ1) is 5.77. The number of hydrogen-bond acceptors (Lipinski definition) is 2. The second-order valence-corrected chi connectivity index (χ2v) is 4.04. The van der Waals surface area contributed by atoms with Crippen LogP contribution in [0.2, 0.25) is 0 Å². The molecule has 1 unspecified atom stereocenters. The van der Waals surface area contributed by atoms with Gasteiger partial charge in [-0.25, -0.2) is 0 Å². The molecule has 0 bridgehead atoms. The molecule has 2 heteroatoms. The van der Waals surface area contributed by atoms with Crippen LogP contribution in [0.15, 0.2) is 0 Å². The monoisotopic (exact) mass is 171 g/mol. The predicted molar refractivity (Wildman–Crippen MR) is 51.1 cm³/mol. The highest BCUT2D eigenvalue weighted by Crippen LogP contribution is 2.18. The summed E-state index contributed by atoms with van der Waals surface area (Å²) in [6, 6.07) is 0. The zero-order valence-electron chi connectivity index (χ0n) is 8.36. The first-order valence-electron chi connectivity index (χ1n) is 5.10. The van der Waals surface area contributed by atoms with Crippen molar-refractivity contribution in [3.8, 4) is 0 Å². The highest BCUT2D eigenvalue weighted by atomic mass is 16.5. The van der Waals surface area contributed by atoms with Crippen LogP contribution < -0.4 is 5.32 Å². The maximum Gasteiger partial charge on any atom is 0.0971 e. The van der Waals surface area contributed by atoms with Gasteiger partial charge in [-0.3, -0.25) is 5.32 Å². The van der Waals surface area contributed by atoms with Crippen molar-refractivity contribution in [2.75, 3.05) is 13.3 Å². The van der Waals surface area contributed by atoms with Gasteiger partial charge in [0.2, 0.25) is 0 Å². The summed E-state index contributed by atoms with van der Waals surface area (Å²) in [4.78, 5) is 0. The number of hydrogen-bond donors (Lipinski definition) is 1. The van der Waals surface area contributed by atoms with Gasteiger partial charge in [-0.15, -0.1) is 0 Å². The van der Waals surface area contributed by atoms with Crippen LogP contribution in [-0.2, 0) is 4.74 Å². The van der Waals surface area contributed by atoms with Crippen LogP contribution in [0.5, 0.6) is 0 Å². The van der Waals surface area contributed by atoms with Crippen molar-refractivity contribution in [1.29, 1.82) is 0 Å². The second kappa shape index (κ2) is 4.83. The van der Waals surface area contributed by atoms with Gasteiger partial charge in [-0.05, 0) is 13.3 Å². The van der Waals surface area contributed by atoms with Gasteiger partial charge in [0.25, 0.3) is 0 Å². The molecule has 0 aromatic rings. The van der Waals surface area contributed by atoms with E-state index in [-0.39, 0.29) is 5.54 Å². The van der Waals surface area contributed by atoms with E-state index in [1.165, 1.54) is 32.1 Å². The lowest BCUT2D eigenvalue weighted by Gasteiger charge is -2.21. The van der Waals surface area contributed by atoms with Crippen LogP contribution in [0.1, 0.15) is 46.0 Å². The number of nitrogens with one attached hydrogen (secondary N) is 1. The van der Waals surface area contributed by atoms with Gasteiger partial charge in [0.15, 0.2) is 0 Å². The van der Waals surface area contributed by atoms with Crippen molar-refractivity contribution in [3.63, 3.8) is 0 Å². The third-order valence-electron chi connectivity index (χ3n) is 2.60. The minimum absolute atomic E-state index is 0.272. The quantitative estimate of drug-likeness (QED) is 0.641. The Morgan fingerprint density at radius 3 is 2.75 bits per heavy atom. The van der Waals surface area contributed by atoms with Crippen LogP contribution in [0.3, 0.4) is 0 Å². The van der Waals surface area contributed by atoms with Crippen LogP contribution >= 0.6 is 0 Å². The van der Waals surface area contributed by atoms with Gasteiger partial charge in [-0.1, -0.05) is 32.6 Å². The van der Waals surface area contributed by atoms with E-state index in [4.69, 9.17) is 4.74 Å². The summed E-state index contributed by atoms with van der Waals surface area (Å²) in [7, 11) is 0. The van der Waals surface area contributed by atoms with Gasteiger partial charge < -0.3 is 4.74 Å². The second-order valence-electron chi connectivity index (χ2n) is 4.04. The van der Waals surface area contributed by atoms with Crippen molar-refractivity contribution in [3.05, 3.63) is 0 Å². The fraction of sp³-hybridized carbons (Fsp3) is 1.00. The highest BCUT2D eigenvalue weighted by molar-refractivity contribution is 4.84. The summed E-state index contributed by atoms with van der Waals surface area (Å²) >= 11 is 0. The molecule has 1 heterocycles. The molecular formula is C10H21NO. The van der Waals surface area contributed by atoms with Gasteiger partial charge in [-0.2, -0.15) is 0 Å². The van der Waals surface area contributed by atoms with Crippen molar-refractivity contribution in [2.24, 2.45) is 0 Å². The van der Waals surface area contributed by atoms with E-state index in [0.29, 0.717) is 0 Å². The van der Waals surface area contributed by atoms with E-state index in [1.807, 2.05) is 0 Å². The molecule has 1 rings (SSSR count). The normalized spacial score (nSPS) is 29.5. The van der Waals surface area contributed by atoms with E-state index < -0.39 is 0 Å². The molecule has 1 aliphatic rings. The summed E-state index contributed by atoms with van der Waals surface area (Å²) < 4.78 is 5.31. The molecule has 72 valence electrons. The largest absolute Gasteiger partial charge is 0.364 e. The molecule has 0 amide bonds. The Balaban J connectivity index is 2.05. The van der Waals surface area contributed by atoms with Crippen LogP contribution in [0.4, 0.5) is 0 Å². The van der Waals surface area contributed by atoms with E-state index in [1.54, 1.807) is 0 Å². The Morgan fingerprint density at radius 2 is 2.17 bits per heavy atom. The summed E-state index contributed by atoms with van der Waals surface area (Å²) in [5.41, 5.74) is 0.272. The first kappa shape index (κ1) is 10.0. The average molecular weight is 171 g/mol. The Bertz CT molecular complexity index is 119. The van der Waals surface area contributed by atoms with E-state index in [0.717, 1.165) is 13.3 Å². The Morgan fingerprint density at radius 1 is 1.33 bits per heavy atom. The molecular weight excluding hydrogens is 150 g/mol. The summed E-state index contributed by atoms with van der Waals surface area (Å²) in [6.07, 6.45) is 6.65. The van der Waals surface area contributed by atoms with E-state index in [2.05, 4.69) is 19.2 Å². The van der Waals surface area contributed by atoms with Crippen molar-refractivity contribution >= 4 is 0 Å². The van der Waals surface area contributed by atoms with Gasteiger partial charge in [0.1, 0.15) is 0 Å². The third-order valence-corrected chi connectivity index (χ3v) is 2.60. The Kier molecular flexibility index (Phi) is 4.02. The fourth-order valence-electron chi connectivity index (χ4n) is 1.66. The average Bonchev–Trinajstić information content (AvgIpc) is 2.47. The maximum atomic E-state index is 5.31. The highest BCUT2D eigenvalue weighted by Gasteiger charge is 2.27. The predicted octanol–water partition coefficient (Wildman–Crippen LogP) is 2.29. The molecule has 0 radical (unpaired) electrons. The number of ether oxygens (including phenoxy) is 1. The summed E-state index contributed by atoms with van der Waals surface area (Å²) in [6.45, 7) is 6.13. The number of rotatable bonds is 5. The van der Waals surface area contributed by atoms with Crippen molar-refractivity contribution < 1.29 is 4.74 Å². The van der Waals surface area contributed by atoms with Crippen LogP contribution in [0, 0.1) is 0 Å². The molecule has 2 nitrogen and oxygen atoms in total. The number of unbranched alkanes of at least 4 members (excludes halogenated alkanes) is 3. The lowest BCUT2D eigenvalue weighted by molar-refractivity contribution is 0.176. The molecule has 1 aliphatic heterocycles. The van der Waals surface area contributed by atoms with Gasteiger partial charge in [0.05, 0.1) is 13.3 Å². The third kappa shape index (κ3) is 3.11. The molecule has 0 aromatic carbocycles. The Labute approximate surface area is 75.7 Å². The minimum atomic E-state index is 0.272. The summed E-state index contributed by atoms with van der Waals surface area (Å²) in [5, 5.41) is 3.39. The fourth-order valence-corrected chi connectivity index (χ4v) is 1.66. The molecule has 0 aliphatic carbocycles. The molecule has 1 N–H and O–H groups in total. The molecule has 0 saturated carbocycles. The molecule has 12 heavy (non-hydrogen) atoms. The van der Waals surface area contributed by atoms with Gasteiger partial charge >= 0.3 is 0 Å². The SMILES string of the molecule is CCCCCCC1(C)COCN1. The van der Waals surface area contributed by atoms with Crippen molar-refractivity contribution in [1.82, 2.24) is 5.32 Å². The molecule has 0 spiro atoms. The van der Waals surface area contributed by atoms with E-state index >= 15 is 0 Å². The lowest BCUT2D eigenvalue weighted by atomic mass is 9.96. The molecule has 0 aromatic heterocycles. The van der Waals surface area contributed by atoms with Crippen LogP contribution in [-0.4, -0.2) is 18.9 Å². The lowest BCUT2D eigenvalue weighted by Crippen LogP contribution is -2.38. The van der Waals surface area contributed by atoms with Crippen molar-refractivity contribution in [2.45, 2.75) is 51.5 Å². The van der Waals surface area contributed by atoms with Gasteiger partial charge in [0, 0.05) is 5.54 Å².